The lowest BCUT2D eigenvalue weighted by Gasteiger charge is -2.06. The van der Waals surface area contributed by atoms with Crippen LogP contribution in [0.1, 0.15) is 5.56 Å². The smallest absolute Gasteiger partial charge is 0.234 e. The number of oxime groups is 1. The first-order valence-corrected chi connectivity index (χ1v) is 8.55. The van der Waals surface area contributed by atoms with E-state index < -0.39 is 31.4 Å². The van der Waals surface area contributed by atoms with Gasteiger partial charge >= 0.3 is 0 Å². The van der Waals surface area contributed by atoms with Crippen LogP contribution >= 0.6 is 0 Å². The van der Waals surface area contributed by atoms with Crippen LogP contribution in [0.2, 0.25) is 0 Å². The second-order valence-electron chi connectivity index (χ2n) is 3.69. The van der Waals surface area contributed by atoms with Gasteiger partial charge in [-0.3, -0.25) is 9.82 Å². The van der Waals surface area contributed by atoms with Crippen molar-refractivity contribution in [1.82, 2.24) is 10.2 Å². The van der Waals surface area contributed by atoms with Crippen LogP contribution in [0, 0.1) is 0 Å². The Hall–Kier alpha value is -1.82. The van der Waals surface area contributed by atoms with E-state index in [1.807, 2.05) is 0 Å². The fraction of sp³-hybridized carbons (Fsp3) is 0.429. The van der Waals surface area contributed by atoms with Gasteiger partial charge in [-0.05, 0) is 0 Å². The highest BCUT2D eigenvalue weighted by molar-refractivity contribution is 7.95. The van der Waals surface area contributed by atoms with Gasteiger partial charge in [0.05, 0.1) is 23.3 Å². The number of hydrogen-bond donors (Lipinski definition) is 4. The molecule has 0 aliphatic heterocycles. The standard InChI is InChI=1S/C7H13N5O5S2/c1-18(14,15)2-3-19(16,17)12-7-5(4-9-10-7)6(8)11-13/h4,13H,2-3H2,1H3,(H2,8,11)(H2,9,10,12). The van der Waals surface area contributed by atoms with Gasteiger partial charge in [0.1, 0.15) is 15.7 Å². The number of aromatic amines is 1. The van der Waals surface area contributed by atoms with Crippen molar-refractivity contribution in [3.63, 3.8) is 0 Å². The van der Waals surface area contributed by atoms with Crippen molar-refractivity contribution < 1.29 is 22.0 Å². The van der Waals surface area contributed by atoms with E-state index in [4.69, 9.17) is 10.9 Å². The summed E-state index contributed by atoms with van der Waals surface area (Å²) in [5.74, 6) is -1.58. The predicted octanol–water partition coefficient (Wildman–Crippen LogP) is -1.71. The Morgan fingerprint density at radius 1 is 1.47 bits per heavy atom. The topological polar surface area (TPSA) is 168 Å². The van der Waals surface area contributed by atoms with E-state index in [1.54, 1.807) is 0 Å². The molecule has 0 aliphatic carbocycles. The van der Waals surface area contributed by atoms with Crippen LogP contribution in [-0.2, 0) is 19.9 Å². The van der Waals surface area contributed by atoms with Crippen LogP contribution < -0.4 is 10.5 Å². The molecule has 19 heavy (non-hydrogen) atoms. The van der Waals surface area contributed by atoms with Gasteiger partial charge in [0.15, 0.2) is 5.84 Å². The zero-order valence-electron chi connectivity index (χ0n) is 9.86. The molecular weight excluding hydrogens is 298 g/mol. The monoisotopic (exact) mass is 311 g/mol. The van der Waals surface area contributed by atoms with E-state index >= 15 is 0 Å². The molecule has 0 spiro atoms. The third-order valence-corrected chi connectivity index (χ3v) is 4.46. The average Bonchev–Trinajstić information content (AvgIpc) is 2.72. The van der Waals surface area contributed by atoms with E-state index in [9.17, 15) is 16.8 Å². The van der Waals surface area contributed by atoms with Gasteiger partial charge in [-0.25, -0.2) is 16.8 Å². The molecular formula is C7H13N5O5S2. The molecule has 0 fully saturated rings. The molecule has 0 amide bonds. The molecule has 1 rings (SSSR count). The summed E-state index contributed by atoms with van der Waals surface area (Å²) in [6.45, 7) is 0. The van der Waals surface area contributed by atoms with Crippen LogP contribution in [-0.4, -0.2) is 55.8 Å². The summed E-state index contributed by atoms with van der Waals surface area (Å²) in [4.78, 5) is 0. The predicted molar refractivity (Wildman–Crippen MR) is 68.2 cm³/mol. The number of rotatable bonds is 6. The Bertz CT molecular complexity index is 674. The highest BCUT2D eigenvalue weighted by Gasteiger charge is 2.18. The Morgan fingerprint density at radius 2 is 2.11 bits per heavy atom. The first kappa shape index (κ1) is 15.2. The molecule has 0 unspecified atom stereocenters. The summed E-state index contributed by atoms with van der Waals surface area (Å²) >= 11 is 0. The van der Waals surface area contributed by atoms with E-state index in [0.29, 0.717) is 0 Å². The molecule has 0 radical (unpaired) electrons. The molecule has 0 saturated carbocycles. The minimum absolute atomic E-state index is 0.0467. The minimum atomic E-state index is -3.89. The minimum Gasteiger partial charge on any atom is -0.409 e. The fourth-order valence-electron chi connectivity index (χ4n) is 1.08. The molecule has 0 aliphatic rings. The summed E-state index contributed by atoms with van der Waals surface area (Å²) < 4.78 is 47.2. The number of anilines is 1. The molecule has 0 aromatic carbocycles. The summed E-state index contributed by atoms with van der Waals surface area (Å²) in [6.07, 6.45) is 2.09. The number of amidine groups is 1. The molecule has 12 heteroatoms. The van der Waals surface area contributed by atoms with Crippen molar-refractivity contribution in [2.45, 2.75) is 0 Å². The van der Waals surface area contributed by atoms with E-state index in [2.05, 4.69) is 20.1 Å². The van der Waals surface area contributed by atoms with Crippen molar-refractivity contribution >= 4 is 31.5 Å². The first-order chi connectivity index (χ1) is 8.64. The lowest BCUT2D eigenvalue weighted by atomic mass is 10.3. The van der Waals surface area contributed by atoms with Gasteiger partial charge in [-0.2, -0.15) is 5.10 Å². The lowest BCUT2D eigenvalue weighted by molar-refractivity contribution is 0.318. The largest absolute Gasteiger partial charge is 0.409 e. The lowest BCUT2D eigenvalue weighted by Crippen LogP contribution is -2.24. The van der Waals surface area contributed by atoms with E-state index in [-0.39, 0.29) is 17.2 Å². The summed E-state index contributed by atoms with van der Waals surface area (Å²) in [5, 5.41) is 17.1. The van der Waals surface area contributed by atoms with Crippen molar-refractivity contribution in [2.75, 3.05) is 22.5 Å². The van der Waals surface area contributed by atoms with Crippen molar-refractivity contribution in [3.05, 3.63) is 11.8 Å². The van der Waals surface area contributed by atoms with E-state index in [0.717, 1.165) is 12.5 Å². The van der Waals surface area contributed by atoms with Gasteiger partial charge in [-0.1, -0.05) is 5.16 Å². The SMILES string of the molecule is CS(=O)(=O)CCS(=O)(=O)Nc1[nH]ncc1C(N)=NO. The molecule has 5 N–H and O–H groups in total. The number of sulfone groups is 1. The van der Waals surface area contributed by atoms with Crippen LogP contribution in [0.15, 0.2) is 11.4 Å². The van der Waals surface area contributed by atoms with Gasteiger partial charge in [-0.15, -0.1) is 0 Å². The average molecular weight is 311 g/mol. The zero-order valence-corrected chi connectivity index (χ0v) is 11.5. The van der Waals surface area contributed by atoms with Gasteiger partial charge < -0.3 is 10.9 Å². The van der Waals surface area contributed by atoms with Gasteiger partial charge in [0, 0.05) is 6.26 Å². The Labute approximate surface area is 109 Å². The maximum absolute atomic E-state index is 11.6. The second kappa shape index (κ2) is 5.44. The molecule has 1 aromatic heterocycles. The third kappa shape index (κ3) is 4.75. The number of aromatic nitrogens is 2. The maximum Gasteiger partial charge on any atom is 0.234 e. The first-order valence-electron chi connectivity index (χ1n) is 4.84. The molecule has 0 bridgehead atoms. The number of hydrogen-bond acceptors (Lipinski definition) is 7. The van der Waals surface area contributed by atoms with Gasteiger partial charge in [0.2, 0.25) is 10.0 Å². The number of sulfonamides is 1. The molecule has 0 saturated heterocycles. The highest BCUT2D eigenvalue weighted by Crippen LogP contribution is 2.12. The number of H-pyrrole nitrogens is 1. The van der Waals surface area contributed by atoms with Crippen LogP contribution in [0.5, 0.6) is 0 Å². The van der Waals surface area contributed by atoms with Gasteiger partial charge in [0.25, 0.3) is 0 Å². The maximum atomic E-state index is 11.6. The summed E-state index contributed by atoms with van der Waals surface area (Å²) in [7, 11) is -7.30. The van der Waals surface area contributed by atoms with Crippen molar-refractivity contribution in [3.8, 4) is 0 Å². The number of nitrogens with two attached hydrogens (primary N) is 1. The summed E-state index contributed by atoms with van der Waals surface area (Å²) in [6, 6.07) is 0. The highest BCUT2D eigenvalue weighted by atomic mass is 32.2. The normalized spacial score (nSPS) is 13.4. The number of nitrogens with zero attached hydrogens (tertiary/aromatic N) is 2. The van der Waals surface area contributed by atoms with Crippen molar-refractivity contribution in [1.29, 1.82) is 0 Å². The Balaban J connectivity index is 2.88. The molecule has 1 aromatic rings. The molecule has 0 atom stereocenters. The molecule has 10 nitrogen and oxygen atoms in total. The quantitative estimate of drug-likeness (QED) is 0.210. The Kier molecular flexibility index (Phi) is 4.36. The van der Waals surface area contributed by atoms with Crippen LogP contribution in [0.25, 0.3) is 0 Å². The van der Waals surface area contributed by atoms with Crippen LogP contribution in [0.4, 0.5) is 5.82 Å². The van der Waals surface area contributed by atoms with Crippen molar-refractivity contribution in [2.24, 2.45) is 10.9 Å². The number of nitrogens with one attached hydrogen (secondary N) is 2. The Morgan fingerprint density at radius 3 is 2.63 bits per heavy atom. The molecule has 1 heterocycles. The fourth-order valence-corrected chi connectivity index (χ4v) is 3.74. The van der Waals surface area contributed by atoms with E-state index in [1.165, 1.54) is 0 Å². The second-order valence-corrected chi connectivity index (χ2v) is 7.80. The molecule has 108 valence electrons. The summed E-state index contributed by atoms with van der Waals surface area (Å²) in [5.41, 5.74) is 5.36. The third-order valence-electron chi connectivity index (χ3n) is 2.00. The zero-order chi connectivity index (χ0) is 14.7. The van der Waals surface area contributed by atoms with Crippen LogP contribution in [0.3, 0.4) is 0 Å².